The first-order valence-electron chi connectivity index (χ1n) is 7.54. The minimum atomic E-state index is -0.496. The van der Waals surface area contributed by atoms with Crippen molar-refractivity contribution in [2.45, 2.75) is 20.0 Å². The van der Waals surface area contributed by atoms with Gasteiger partial charge in [0.25, 0.3) is 5.91 Å². The molecule has 0 aliphatic heterocycles. The molecule has 0 aliphatic rings. The van der Waals surface area contributed by atoms with Gasteiger partial charge in [0.15, 0.2) is 5.69 Å². The molecule has 2 heterocycles. The molecular weight excluding hydrogens is 330 g/mol. The largest absolute Gasteiger partial charge is 0.349 e. The number of fused-ring (bicyclic) bond motifs is 1. The Kier molecular flexibility index (Phi) is 4.61. The summed E-state index contributed by atoms with van der Waals surface area (Å²) in [5.41, 5.74) is 0.108. The van der Waals surface area contributed by atoms with Gasteiger partial charge in [0.1, 0.15) is 0 Å². The molecule has 0 unspecified atom stereocenters. The lowest BCUT2D eigenvalue weighted by Crippen LogP contribution is -2.33. The van der Waals surface area contributed by atoms with Crippen molar-refractivity contribution in [3.05, 3.63) is 57.9 Å². The van der Waals surface area contributed by atoms with E-state index < -0.39 is 11.3 Å². The van der Waals surface area contributed by atoms with Crippen molar-refractivity contribution in [3.8, 4) is 0 Å². The Labute approximate surface area is 142 Å². The zero-order valence-electron chi connectivity index (χ0n) is 13.1. The molecule has 124 valence electrons. The predicted molar refractivity (Wildman–Crippen MR) is 91.2 cm³/mol. The van der Waals surface area contributed by atoms with Gasteiger partial charge in [-0.2, -0.15) is 5.10 Å². The van der Waals surface area contributed by atoms with Crippen molar-refractivity contribution in [2.75, 3.05) is 6.54 Å². The highest BCUT2D eigenvalue weighted by Gasteiger charge is 2.17. The van der Waals surface area contributed by atoms with Crippen molar-refractivity contribution >= 4 is 28.4 Å². The molecule has 0 atom stereocenters. The van der Waals surface area contributed by atoms with E-state index in [1.807, 2.05) is 11.5 Å². The summed E-state index contributed by atoms with van der Waals surface area (Å²) in [6.45, 7) is 3.36. The van der Waals surface area contributed by atoms with Crippen LogP contribution >= 0.6 is 11.6 Å². The van der Waals surface area contributed by atoms with Gasteiger partial charge in [-0.05, 0) is 25.1 Å². The summed E-state index contributed by atoms with van der Waals surface area (Å²) in [4.78, 5) is 28.8. The maximum atomic E-state index is 12.6. The van der Waals surface area contributed by atoms with Gasteiger partial charge in [0, 0.05) is 37.1 Å². The minimum absolute atomic E-state index is 0.128. The van der Waals surface area contributed by atoms with Crippen LogP contribution in [0.2, 0.25) is 5.02 Å². The van der Waals surface area contributed by atoms with E-state index in [0.717, 1.165) is 0 Å². The smallest absolute Gasteiger partial charge is 0.275 e. The van der Waals surface area contributed by atoms with Crippen LogP contribution in [0.15, 0.2) is 41.7 Å². The zero-order chi connectivity index (χ0) is 17.1. The second-order valence-corrected chi connectivity index (χ2v) is 5.65. The Morgan fingerprint density at radius 2 is 2.21 bits per heavy atom. The molecule has 1 aromatic carbocycles. The van der Waals surface area contributed by atoms with Crippen molar-refractivity contribution in [1.82, 2.24) is 24.6 Å². The third kappa shape index (κ3) is 3.16. The van der Waals surface area contributed by atoms with E-state index >= 15 is 0 Å². The number of carbonyl (C=O) groups excluding carboxylic acids is 1. The van der Waals surface area contributed by atoms with Crippen LogP contribution in [0.5, 0.6) is 0 Å². The summed E-state index contributed by atoms with van der Waals surface area (Å²) in [6, 6.07) is 4.99. The van der Waals surface area contributed by atoms with Crippen molar-refractivity contribution in [3.63, 3.8) is 0 Å². The van der Waals surface area contributed by atoms with Gasteiger partial charge in [-0.3, -0.25) is 14.3 Å². The number of carbonyl (C=O) groups is 1. The van der Waals surface area contributed by atoms with E-state index in [4.69, 9.17) is 11.6 Å². The van der Waals surface area contributed by atoms with Gasteiger partial charge in [-0.25, -0.2) is 4.98 Å². The molecule has 0 spiro atoms. The topological polar surface area (TPSA) is 81.8 Å². The number of rotatable bonds is 5. The lowest BCUT2D eigenvalue weighted by atomic mass is 10.2. The van der Waals surface area contributed by atoms with Crippen LogP contribution in [-0.4, -0.2) is 31.8 Å². The van der Waals surface area contributed by atoms with Crippen LogP contribution in [0.25, 0.3) is 10.9 Å². The van der Waals surface area contributed by atoms with Gasteiger partial charge < -0.3 is 9.88 Å². The molecule has 1 N–H and O–H groups in total. The number of amides is 1. The average Bonchev–Trinajstić information content (AvgIpc) is 3.09. The highest BCUT2D eigenvalue weighted by molar-refractivity contribution is 6.31. The standard InChI is InChI=1S/C16H16ClN5O2/c1-2-22-13-4-3-11(17)9-12(13)15(23)14(20-22)16(24)19-6-8-21-7-5-18-10-21/h3-5,7,9-10H,2,6,8H2,1H3,(H,19,24). The van der Waals surface area contributed by atoms with Crippen molar-refractivity contribution in [1.29, 1.82) is 0 Å². The highest BCUT2D eigenvalue weighted by Crippen LogP contribution is 2.16. The fourth-order valence-electron chi connectivity index (χ4n) is 2.45. The van der Waals surface area contributed by atoms with Crippen LogP contribution < -0.4 is 10.7 Å². The van der Waals surface area contributed by atoms with Crippen molar-refractivity contribution in [2.24, 2.45) is 0 Å². The normalized spacial score (nSPS) is 10.9. The lowest BCUT2D eigenvalue weighted by molar-refractivity contribution is 0.0944. The first kappa shape index (κ1) is 16.2. The highest BCUT2D eigenvalue weighted by atomic mass is 35.5. The summed E-state index contributed by atoms with van der Waals surface area (Å²) < 4.78 is 3.45. The Morgan fingerprint density at radius 1 is 1.38 bits per heavy atom. The first-order valence-corrected chi connectivity index (χ1v) is 7.92. The average molecular weight is 346 g/mol. The van der Waals surface area contributed by atoms with Gasteiger partial charge >= 0.3 is 0 Å². The number of imidazole rings is 1. The van der Waals surface area contributed by atoms with E-state index in [1.54, 1.807) is 41.6 Å². The minimum Gasteiger partial charge on any atom is -0.349 e. The summed E-state index contributed by atoms with van der Waals surface area (Å²) in [6.07, 6.45) is 5.12. The van der Waals surface area contributed by atoms with Crippen LogP contribution in [0.4, 0.5) is 0 Å². The van der Waals surface area contributed by atoms with Crippen LogP contribution in [-0.2, 0) is 13.1 Å². The molecule has 7 nitrogen and oxygen atoms in total. The molecule has 2 aromatic heterocycles. The molecular formula is C16H16ClN5O2. The maximum absolute atomic E-state index is 12.6. The number of hydrogen-bond acceptors (Lipinski definition) is 4. The monoisotopic (exact) mass is 345 g/mol. The Hall–Kier alpha value is -2.67. The van der Waals surface area contributed by atoms with E-state index in [-0.39, 0.29) is 5.69 Å². The molecule has 0 aliphatic carbocycles. The molecule has 0 bridgehead atoms. The van der Waals surface area contributed by atoms with Gasteiger partial charge in [0.05, 0.1) is 17.2 Å². The molecule has 3 aromatic rings. The molecule has 0 fully saturated rings. The summed E-state index contributed by atoms with van der Waals surface area (Å²) in [5, 5.41) is 7.74. The van der Waals surface area contributed by atoms with Gasteiger partial charge in [-0.15, -0.1) is 0 Å². The molecule has 0 saturated carbocycles. The molecule has 0 radical (unpaired) electrons. The number of nitrogens with zero attached hydrogens (tertiary/aromatic N) is 4. The zero-order valence-corrected chi connectivity index (χ0v) is 13.8. The molecule has 3 rings (SSSR count). The molecule has 8 heteroatoms. The van der Waals surface area contributed by atoms with E-state index in [0.29, 0.717) is 35.6 Å². The fourth-order valence-corrected chi connectivity index (χ4v) is 2.63. The SMILES string of the molecule is CCn1nc(C(=O)NCCn2ccnc2)c(=O)c2cc(Cl)ccc21. The Morgan fingerprint density at radius 3 is 2.92 bits per heavy atom. The lowest BCUT2D eigenvalue weighted by Gasteiger charge is -2.11. The third-order valence-electron chi connectivity index (χ3n) is 3.65. The maximum Gasteiger partial charge on any atom is 0.275 e. The second-order valence-electron chi connectivity index (χ2n) is 5.21. The van der Waals surface area contributed by atoms with Gasteiger partial charge in [0.2, 0.25) is 5.43 Å². The van der Waals surface area contributed by atoms with Crippen molar-refractivity contribution < 1.29 is 4.79 Å². The number of hydrogen-bond donors (Lipinski definition) is 1. The number of halogens is 1. The summed E-state index contributed by atoms with van der Waals surface area (Å²) in [5.74, 6) is -0.496. The van der Waals surface area contributed by atoms with E-state index in [9.17, 15) is 9.59 Å². The number of aromatic nitrogens is 4. The fraction of sp³-hybridized carbons (Fsp3) is 0.250. The summed E-state index contributed by atoms with van der Waals surface area (Å²) in [7, 11) is 0. The molecule has 24 heavy (non-hydrogen) atoms. The molecule has 1 amide bonds. The Balaban J connectivity index is 1.89. The van der Waals surface area contributed by atoms with E-state index in [2.05, 4.69) is 15.4 Å². The van der Waals surface area contributed by atoms with E-state index in [1.165, 1.54) is 0 Å². The second kappa shape index (κ2) is 6.84. The Bertz CT molecular complexity index is 934. The van der Waals surface area contributed by atoms with Gasteiger partial charge in [-0.1, -0.05) is 11.6 Å². The number of benzene rings is 1. The van der Waals surface area contributed by atoms with Crippen LogP contribution in [0.1, 0.15) is 17.4 Å². The number of nitrogens with one attached hydrogen (secondary N) is 1. The summed E-state index contributed by atoms with van der Waals surface area (Å²) >= 11 is 5.98. The van der Waals surface area contributed by atoms with Crippen LogP contribution in [0.3, 0.4) is 0 Å². The number of aryl methyl sites for hydroxylation is 1. The quantitative estimate of drug-likeness (QED) is 0.763. The third-order valence-corrected chi connectivity index (χ3v) is 3.88. The molecule has 0 saturated heterocycles. The first-order chi connectivity index (χ1) is 11.6. The van der Waals surface area contributed by atoms with Crippen LogP contribution in [0, 0.1) is 0 Å². The predicted octanol–water partition coefficient (Wildman–Crippen LogP) is 1.70.